The van der Waals surface area contributed by atoms with Crippen LogP contribution >= 0.6 is 68.4 Å². The lowest BCUT2D eigenvalue weighted by Crippen LogP contribution is -2.12. The van der Waals surface area contributed by atoms with Crippen molar-refractivity contribution >= 4 is 91.1 Å². The molecule has 0 spiro atoms. The predicted molar refractivity (Wildman–Crippen MR) is 129 cm³/mol. The largest absolute Gasteiger partial charge is 0.436 e. The zero-order chi connectivity index (χ0) is 19.8. The van der Waals surface area contributed by atoms with E-state index in [2.05, 4.69) is 55.5 Å². The van der Waals surface area contributed by atoms with Crippen molar-refractivity contribution in [1.29, 1.82) is 0 Å². The van der Waals surface area contributed by atoms with E-state index >= 15 is 0 Å². The van der Waals surface area contributed by atoms with Gasteiger partial charge in [0.2, 0.25) is 5.89 Å². The molecule has 1 amide bonds. The van der Waals surface area contributed by atoms with Crippen LogP contribution in [0.25, 0.3) is 22.6 Å². The molecule has 4 nitrogen and oxygen atoms in total. The topological polar surface area (TPSA) is 55.1 Å². The van der Waals surface area contributed by atoms with E-state index in [0.29, 0.717) is 38.3 Å². The van der Waals surface area contributed by atoms with Gasteiger partial charge in [0.1, 0.15) is 5.52 Å². The molecule has 4 aromatic rings. The van der Waals surface area contributed by atoms with Gasteiger partial charge in [-0.15, -0.1) is 0 Å². The first-order valence-electron chi connectivity index (χ1n) is 8.03. The normalized spacial score (nSPS) is 11.0. The number of benzene rings is 3. The van der Waals surface area contributed by atoms with Crippen molar-refractivity contribution in [3.05, 3.63) is 77.3 Å². The molecule has 0 bridgehead atoms. The summed E-state index contributed by atoms with van der Waals surface area (Å²) < 4.78 is 7.79. The van der Waals surface area contributed by atoms with Crippen LogP contribution in [0, 0.1) is 7.14 Å². The predicted octanol–water partition coefficient (Wildman–Crippen LogP) is 7.26. The van der Waals surface area contributed by atoms with Crippen molar-refractivity contribution < 1.29 is 9.21 Å². The number of nitrogens with zero attached hydrogens (tertiary/aromatic N) is 1. The fourth-order valence-corrected chi connectivity index (χ4v) is 4.04. The maximum absolute atomic E-state index is 12.6. The van der Waals surface area contributed by atoms with Crippen LogP contribution in [0.2, 0.25) is 10.0 Å². The number of amides is 1. The Morgan fingerprint density at radius 2 is 1.64 bits per heavy atom. The van der Waals surface area contributed by atoms with Crippen LogP contribution in [0.5, 0.6) is 0 Å². The summed E-state index contributed by atoms with van der Waals surface area (Å²) in [6.45, 7) is 0. The lowest BCUT2D eigenvalue weighted by atomic mass is 10.2. The van der Waals surface area contributed by atoms with Gasteiger partial charge in [-0.05, 0) is 99.8 Å². The van der Waals surface area contributed by atoms with Gasteiger partial charge in [-0.1, -0.05) is 23.2 Å². The maximum atomic E-state index is 12.6. The monoisotopic (exact) mass is 634 g/mol. The Hall–Kier alpha value is -1.36. The fraction of sp³-hybridized carbons (Fsp3) is 0. The van der Waals surface area contributed by atoms with Gasteiger partial charge >= 0.3 is 0 Å². The Morgan fingerprint density at radius 1 is 0.929 bits per heavy atom. The zero-order valence-corrected chi connectivity index (χ0v) is 19.8. The van der Waals surface area contributed by atoms with Crippen molar-refractivity contribution in [1.82, 2.24) is 4.98 Å². The molecular weight excluding hydrogens is 625 g/mol. The van der Waals surface area contributed by atoms with Crippen LogP contribution in [0.15, 0.2) is 59.0 Å². The van der Waals surface area contributed by atoms with Gasteiger partial charge < -0.3 is 9.73 Å². The molecule has 140 valence electrons. The fourth-order valence-electron chi connectivity index (χ4n) is 2.65. The molecule has 0 aliphatic rings. The smallest absolute Gasteiger partial charge is 0.257 e. The number of rotatable bonds is 3. The summed E-state index contributed by atoms with van der Waals surface area (Å²) in [6.07, 6.45) is 0. The molecule has 1 aromatic heterocycles. The molecule has 0 aliphatic heterocycles. The molecule has 0 aliphatic carbocycles. The third-order valence-corrected chi connectivity index (χ3v) is 5.98. The van der Waals surface area contributed by atoms with Crippen molar-refractivity contribution in [3.63, 3.8) is 0 Å². The molecule has 0 radical (unpaired) electrons. The summed E-state index contributed by atoms with van der Waals surface area (Å²) in [5.41, 5.74) is 2.97. The minimum Gasteiger partial charge on any atom is -0.436 e. The second-order valence-electron chi connectivity index (χ2n) is 5.90. The molecule has 28 heavy (non-hydrogen) atoms. The lowest BCUT2D eigenvalue weighted by molar-refractivity contribution is 0.102. The summed E-state index contributed by atoms with van der Waals surface area (Å²) in [5.74, 6) is 0.148. The van der Waals surface area contributed by atoms with Crippen molar-refractivity contribution in [2.45, 2.75) is 0 Å². The van der Waals surface area contributed by atoms with Crippen molar-refractivity contribution in [3.8, 4) is 11.5 Å². The summed E-state index contributed by atoms with van der Waals surface area (Å²) in [5, 5.41) is 3.82. The van der Waals surface area contributed by atoms with Crippen LogP contribution in [-0.2, 0) is 0 Å². The number of hydrogen-bond acceptors (Lipinski definition) is 3. The first-order chi connectivity index (χ1) is 13.4. The van der Waals surface area contributed by atoms with E-state index in [-0.39, 0.29) is 5.91 Å². The third-order valence-electron chi connectivity index (χ3n) is 3.98. The lowest BCUT2D eigenvalue weighted by Gasteiger charge is -2.07. The number of hydrogen-bond donors (Lipinski definition) is 1. The van der Waals surface area contributed by atoms with E-state index in [0.717, 1.165) is 12.7 Å². The Bertz CT molecular complexity index is 1220. The number of aromatic nitrogens is 1. The first-order valence-corrected chi connectivity index (χ1v) is 10.9. The van der Waals surface area contributed by atoms with Gasteiger partial charge in [0, 0.05) is 12.8 Å². The third kappa shape index (κ3) is 4.14. The summed E-state index contributed by atoms with van der Waals surface area (Å²) >= 11 is 16.8. The molecule has 1 heterocycles. The quantitative estimate of drug-likeness (QED) is 0.241. The highest BCUT2D eigenvalue weighted by molar-refractivity contribution is 14.1. The SMILES string of the molecule is O=C(Nc1ccc2oc(-c3cc(I)ccc3Cl)nc2c1)c1cc(I)ccc1Cl. The summed E-state index contributed by atoms with van der Waals surface area (Å²) in [4.78, 5) is 17.1. The Labute approximate surface area is 197 Å². The molecule has 8 heteroatoms. The number of nitrogens with one attached hydrogen (secondary N) is 1. The van der Waals surface area contributed by atoms with Crippen molar-refractivity contribution in [2.24, 2.45) is 0 Å². The van der Waals surface area contributed by atoms with Gasteiger partial charge in [0.25, 0.3) is 5.91 Å². The van der Waals surface area contributed by atoms with E-state index in [1.807, 2.05) is 24.3 Å². The Kier molecular flexibility index (Phi) is 5.82. The van der Waals surface area contributed by atoms with Gasteiger partial charge in [0.15, 0.2) is 5.58 Å². The molecule has 0 unspecified atom stereocenters. The number of oxazole rings is 1. The molecule has 4 rings (SSSR count). The second-order valence-corrected chi connectivity index (χ2v) is 9.21. The van der Waals surface area contributed by atoms with Gasteiger partial charge in [-0.25, -0.2) is 4.98 Å². The van der Waals surface area contributed by atoms with Crippen LogP contribution < -0.4 is 5.32 Å². The average Bonchev–Trinajstić information content (AvgIpc) is 3.08. The molecular formula is C20H10Cl2I2N2O2. The molecule has 1 N–H and O–H groups in total. The van der Waals surface area contributed by atoms with E-state index in [1.54, 1.807) is 30.3 Å². The minimum atomic E-state index is -0.285. The highest BCUT2D eigenvalue weighted by atomic mass is 127. The van der Waals surface area contributed by atoms with Crippen LogP contribution in [0.4, 0.5) is 5.69 Å². The number of fused-ring (bicyclic) bond motifs is 1. The number of anilines is 1. The number of carbonyl (C=O) groups is 1. The maximum Gasteiger partial charge on any atom is 0.257 e. The minimum absolute atomic E-state index is 0.285. The molecule has 0 atom stereocenters. The van der Waals surface area contributed by atoms with Gasteiger partial charge in [-0.2, -0.15) is 0 Å². The average molecular weight is 635 g/mol. The van der Waals surface area contributed by atoms with E-state index in [4.69, 9.17) is 27.6 Å². The highest BCUT2D eigenvalue weighted by Gasteiger charge is 2.15. The highest BCUT2D eigenvalue weighted by Crippen LogP contribution is 2.32. The van der Waals surface area contributed by atoms with E-state index in [9.17, 15) is 4.79 Å². The van der Waals surface area contributed by atoms with Gasteiger partial charge in [0.05, 0.1) is 21.2 Å². The van der Waals surface area contributed by atoms with E-state index in [1.165, 1.54) is 0 Å². The number of halogens is 4. The number of carbonyl (C=O) groups excluding carboxylic acids is 1. The molecule has 3 aromatic carbocycles. The van der Waals surface area contributed by atoms with Crippen LogP contribution in [0.1, 0.15) is 10.4 Å². The van der Waals surface area contributed by atoms with Crippen molar-refractivity contribution in [2.75, 3.05) is 5.32 Å². The summed E-state index contributed by atoms with van der Waals surface area (Å²) in [7, 11) is 0. The Balaban J connectivity index is 1.66. The Morgan fingerprint density at radius 3 is 2.43 bits per heavy atom. The second kappa shape index (κ2) is 8.17. The molecule has 0 fully saturated rings. The zero-order valence-electron chi connectivity index (χ0n) is 14.0. The van der Waals surface area contributed by atoms with Crippen LogP contribution in [0.3, 0.4) is 0 Å². The molecule has 0 saturated heterocycles. The standard InChI is InChI=1S/C20H10Cl2I2N2O2/c21-15-4-1-10(23)7-13(15)19(27)25-12-3-6-18-17(9-12)26-20(28-18)14-8-11(24)2-5-16(14)22/h1-9H,(H,25,27). The van der Waals surface area contributed by atoms with Gasteiger partial charge in [-0.3, -0.25) is 4.79 Å². The molecule has 0 saturated carbocycles. The summed E-state index contributed by atoms with van der Waals surface area (Å²) in [6, 6.07) is 16.2. The van der Waals surface area contributed by atoms with Crippen LogP contribution in [-0.4, -0.2) is 10.9 Å². The van der Waals surface area contributed by atoms with E-state index < -0.39 is 0 Å². The first kappa shape index (κ1) is 19.9.